The van der Waals surface area contributed by atoms with Gasteiger partial charge in [-0.3, -0.25) is 10.1 Å². The maximum absolute atomic E-state index is 11.9. The van der Waals surface area contributed by atoms with Crippen LogP contribution in [0.2, 0.25) is 10.2 Å². The van der Waals surface area contributed by atoms with E-state index >= 15 is 0 Å². The first kappa shape index (κ1) is 12.8. The van der Waals surface area contributed by atoms with Gasteiger partial charge in [0.2, 0.25) is 5.95 Å². The zero-order chi connectivity index (χ0) is 13.1. The average Bonchev–Trinajstić information content (AvgIpc) is 2.27. The lowest BCUT2D eigenvalue weighted by molar-refractivity contribution is 0.102. The Labute approximate surface area is 114 Å². The number of amides is 1. The number of carbonyl (C=O) groups is 1. The first-order chi connectivity index (χ1) is 8.54. The number of nitrogens with zero attached hydrogens (tertiary/aromatic N) is 2. The van der Waals surface area contributed by atoms with Gasteiger partial charge in [-0.15, -0.1) is 0 Å². The molecular weight excluding hydrogens is 273 g/mol. The Morgan fingerprint density at radius 3 is 2.72 bits per heavy atom. The molecule has 1 aromatic heterocycles. The Balaban J connectivity index is 2.22. The number of anilines is 1. The summed E-state index contributed by atoms with van der Waals surface area (Å²) in [6.07, 6.45) is 1.47. The number of aryl methyl sites for hydroxylation is 1. The van der Waals surface area contributed by atoms with Crippen LogP contribution in [0.5, 0.6) is 0 Å². The molecule has 1 amide bonds. The van der Waals surface area contributed by atoms with E-state index in [2.05, 4.69) is 15.3 Å². The molecule has 18 heavy (non-hydrogen) atoms. The summed E-state index contributed by atoms with van der Waals surface area (Å²) < 4.78 is 0. The van der Waals surface area contributed by atoms with Crippen molar-refractivity contribution in [1.82, 2.24) is 9.97 Å². The summed E-state index contributed by atoms with van der Waals surface area (Å²) in [6, 6.07) is 6.61. The standard InChI is InChI=1S/C12H9Cl2N3O/c1-7-4-8(6-9(13)5-7)11(18)17-12-15-3-2-10(14)16-12/h2-6H,1H3,(H,15,16,17,18). The third kappa shape index (κ3) is 3.18. The van der Waals surface area contributed by atoms with Crippen molar-refractivity contribution in [1.29, 1.82) is 0 Å². The molecule has 0 aliphatic heterocycles. The van der Waals surface area contributed by atoms with Gasteiger partial charge in [-0.25, -0.2) is 9.97 Å². The molecule has 0 aliphatic carbocycles. The molecule has 0 saturated heterocycles. The second-order valence-electron chi connectivity index (χ2n) is 3.67. The van der Waals surface area contributed by atoms with Crippen LogP contribution in [0.3, 0.4) is 0 Å². The van der Waals surface area contributed by atoms with Crippen molar-refractivity contribution in [2.24, 2.45) is 0 Å². The predicted molar refractivity (Wildman–Crippen MR) is 71.2 cm³/mol. The van der Waals surface area contributed by atoms with Gasteiger partial charge < -0.3 is 0 Å². The van der Waals surface area contributed by atoms with Crippen LogP contribution >= 0.6 is 23.2 Å². The summed E-state index contributed by atoms with van der Waals surface area (Å²) in [5.74, 6) is -0.173. The number of carbonyl (C=O) groups excluding carboxylic acids is 1. The number of hydrogen-bond acceptors (Lipinski definition) is 3. The van der Waals surface area contributed by atoms with Crippen LogP contribution in [-0.2, 0) is 0 Å². The van der Waals surface area contributed by atoms with E-state index in [0.29, 0.717) is 10.6 Å². The van der Waals surface area contributed by atoms with Gasteiger partial charge in [-0.2, -0.15) is 0 Å². The first-order valence-electron chi connectivity index (χ1n) is 5.12. The van der Waals surface area contributed by atoms with Crippen molar-refractivity contribution in [3.8, 4) is 0 Å². The molecule has 1 heterocycles. The van der Waals surface area contributed by atoms with Crippen molar-refractivity contribution in [3.05, 3.63) is 51.8 Å². The van der Waals surface area contributed by atoms with E-state index in [4.69, 9.17) is 23.2 Å². The van der Waals surface area contributed by atoms with Gasteiger partial charge in [-0.05, 0) is 36.8 Å². The molecule has 4 nitrogen and oxygen atoms in total. The molecule has 2 aromatic rings. The molecule has 0 aliphatic rings. The minimum absolute atomic E-state index is 0.158. The molecule has 0 fully saturated rings. The summed E-state index contributed by atoms with van der Waals surface area (Å²) in [4.78, 5) is 19.7. The number of rotatable bonds is 2. The quantitative estimate of drug-likeness (QED) is 0.859. The lowest BCUT2D eigenvalue weighted by Gasteiger charge is -2.05. The summed E-state index contributed by atoms with van der Waals surface area (Å²) >= 11 is 11.6. The normalized spacial score (nSPS) is 10.2. The molecule has 0 saturated carbocycles. The molecule has 0 spiro atoms. The molecule has 1 N–H and O–H groups in total. The zero-order valence-corrected chi connectivity index (χ0v) is 11.0. The summed E-state index contributed by atoms with van der Waals surface area (Å²) in [7, 11) is 0. The molecule has 1 aromatic carbocycles. The van der Waals surface area contributed by atoms with E-state index in [1.807, 2.05) is 6.92 Å². The van der Waals surface area contributed by atoms with Crippen LogP contribution in [0, 0.1) is 6.92 Å². The van der Waals surface area contributed by atoms with Gasteiger partial charge in [0, 0.05) is 16.8 Å². The van der Waals surface area contributed by atoms with Crippen molar-refractivity contribution in [2.75, 3.05) is 5.32 Å². The summed E-state index contributed by atoms with van der Waals surface area (Å²) in [6.45, 7) is 1.86. The largest absolute Gasteiger partial charge is 0.290 e. The molecule has 0 bridgehead atoms. The highest BCUT2D eigenvalue weighted by Gasteiger charge is 2.09. The van der Waals surface area contributed by atoms with Crippen molar-refractivity contribution >= 4 is 35.1 Å². The number of halogens is 2. The van der Waals surface area contributed by atoms with Crippen LogP contribution in [-0.4, -0.2) is 15.9 Å². The molecule has 0 radical (unpaired) electrons. The molecule has 6 heteroatoms. The predicted octanol–water partition coefficient (Wildman–Crippen LogP) is 3.34. The van der Waals surface area contributed by atoms with E-state index in [0.717, 1.165) is 5.56 Å². The molecule has 0 atom stereocenters. The monoisotopic (exact) mass is 281 g/mol. The van der Waals surface area contributed by atoms with E-state index < -0.39 is 0 Å². The smallest absolute Gasteiger partial charge is 0.258 e. The Morgan fingerprint density at radius 2 is 2.06 bits per heavy atom. The number of hydrogen-bond donors (Lipinski definition) is 1. The fourth-order valence-corrected chi connectivity index (χ4v) is 1.86. The average molecular weight is 282 g/mol. The van der Waals surface area contributed by atoms with Crippen LogP contribution in [0.4, 0.5) is 5.95 Å². The lowest BCUT2D eigenvalue weighted by atomic mass is 10.1. The van der Waals surface area contributed by atoms with E-state index in [9.17, 15) is 4.79 Å². The van der Waals surface area contributed by atoms with Gasteiger partial charge in [0.15, 0.2) is 0 Å². The maximum Gasteiger partial charge on any atom is 0.258 e. The maximum atomic E-state index is 11.9. The summed E-state index contributed by atoms with van der Waals surface area (Å²) in [5.41, 5.74) is 1.35. The highest BCUT2D eigenvalue weighted by molar-refractivity contribution is 6.31. The van der Waals surface area contributed by atoms with Gasteiger partial charge >= 0.3 is 0 Å². The number of aromatic nitrogens is 2. The van der Waals surface area contributed by atoms with Crippen LogP contribution in [0.25, 0.3) is 0 Å². The minimum Gasteiger partial charge on any atom is -0.290 e. The Kier molecular flexibility index (Phi) is 3.79. The topological polar surface area (TPSA) is 54.9 Å². The SMILES string of the molecule is Cc1cc(Cl)cc(C(=O)Nc2nccc(Cl)n2)c1. The summed E-state index contributed by atoms with van der Waals surface area (Å²) in [5, 5.41) is 3.32. The van der Waals surface area contributed by atoms with E-state index in [1.165, 1.54) is 12.3 Å². The van der Waals surface area contributed by atoms with Crippen LogP contribution < -0.4 is 5.32 Å². The molecule has 0 unspecified atom stereocenters. The van der Waals surface area contributed by atoms with E-state index in [-0.39, 0.29) is 17.0 Å². The van der Waals surface area contributed by atoms with E-state index in [1.54, 1.807) is 18.2 Å². The highest BCUT2D eigenvalue weighted by atomic mass is 35.5. The third-order valence-electron chi connectivity index (χ3n) is 2.15. The molecular formula is C12H9Cl2N3O. The second kappa shape index (κ2) is 5.33. The number of benzene rings is 1. The Hall–Kier alpha value is -1.65. The fraction of sp³-hybridized carbons (Fsp3) is 0.0833. The first-order valence-corrected chi connectivity index (χ1v) is 5.87. The Bertz CT molecular complexity index is 581. The van der Waals surface area contributed by atoms with Gasteiger partial charge in [0.25, 0.3) is 5.91 Å². The van der Waals surface area contributed by atoms with Crippen molar-refractivity contribution in [3.63, 3.8) is 0 Å². The van der Waals surface area contributed by atoms with Crippen molar-refractivity contribution in [2.45, 2.75) is 6.92 Å². The number of nitrogens with one attached hydrogen (secondary N) is 1. The van der Waals surface area contributed by atoms with Crippen LogP contribution in [0.15, 0.2) is 30.5 Å². The minimum atomic E-state index is -0.331. The Morgan fingerprint density at radius 1 is 1.28 bits per heavy atom. The van der Waals surface area contributed by atoms with Gasteiger partial charge in [0.05, 0.1) is 0 Å². The zero-order valence-electron chi connectivity index (χ0n) is 9.45. The molecule has 2 rings (SSSR count). The lowest BCUT2D eigenvalue weighted by Crippen LogP contribution is -2.14. The van der Waals surface area contributed by atoms with Crippen molar-refractivity contribution < 1.29 is 4.79 Å². The second-order valence-corrected chi connectivity index (χ2v) is 4.50. The van der Waals surface area contributed by atoms with Gasteiger partial charge in [-0.1, -0.05) is 23.2 Å². The highest BCUT2D eigenvalue weighted by Crippen LogP contribution is 2.15. The third-order valence-corrected chi connectivity index (χ3v) is 2.58. The molecule has 92 valence electrons. The van der Waals surface area contributed by atoms with Crippen LogP contribution in [0.1, 0.15) is 15.9 Å². The fourth-order valence-electron chi connectivity index (χ4n) is 1.44. The van der Waals surface area contributed by atoms with Gasteiger partial charge in [0.1, 0.15) is 5.15 Å².